The highest BCUT2D eigenvalue weighted by atomic mass is 19.4. The van der Waals surface area contributed by atoms with Crippen molar-refractivity contribution in [3.8, 4) is 5.75 Å². The van der Waals surface area contributed by atoms with Crippen molar-refractivity contribution in [2.45, 2.75) is 32.4 Å². The van der Waals surface area contributed by atoms with Crippen LogP contribution in [0.25, 0.3) is 0 Å². The molecule has 32 heavy (non-hydrogen) atoms. The summed E-state index contributed by atoms with van der Waals surface area (Å²) in [5.74, 6) is -1.39. The van der Waals surface area contributed by atoms with E-state index in [-0.39, 0.29) is 17.3 Å². The minimum atomic E-state index is -4.55. The number of nitrogens with one attached hydrogen (secondary N) is 1. The van der Waals surface area contributed by atoms with Gasteiger partial charge in [-0.2, -0.15) is 13.2 Å². The lowest BCUT2D eigenvalue weighted by molar-refractivity contribution is -0.137. The highest BCUT2D eigenvalue weighted by Crippen LogP contribution is 2.35. The summed E-state index contributed by atoms with van der Waals surface area (Å²) >= 11 is 0. The maximum absolute atomic E-state index is 13.1. The summed E-state index contributed by atoms with van der Waals surface area (Å²) in [7, 11) is 0. The Morgan fingerprint density at radius 1 is 1.09 bits per heavy atom. The van der Waals surface area contributed by atoms with Crippen LogP contribution in [0.2, 0.25) is 0 Å². The van der Waals surface area contributed by atoms with Gasteiger partial charge in [-0.25, -0.2) is 4.39 Å². The van der Waals surface area contributed by atoms with Crippen LogP contribution in [-0.4, -0.2) is 36.4 Å². The Morgan fingerprint density at radius 2 is 1.75 bits per heavy atom. The molecular weight excluding hydrogens is 428 g/mol. The van der Waals surface area contributed by atoms with Crippen molar-refractivity contribution in [1.82, 2.24) is 4.90 Å². The zero-order chi connectivity index (χ0) is 23.3. The van der Waals surface area contributed by atoms with Crippen molar-refractivity contribution >= 4 is 17.5 Å². The van der Waals surface area contributed by atoms with Crippen molar-refractivity contribution in [1.29, 1.82) is 0 Å². The van der Waals surface area contributed by atoms with E-state index in [1.54, 1.807) is 4.90 Å². The van der Waals surface area contributed by atoms with E-state index in [4.69, 9.17) is 4.74 Å². The minimum absolute atomic E-state index is 0.0249. The summed E-state index contributed by atoms with van der Waals surface area (Å²) in [6, 6.07) is 8.22. The Kier molecular flexibility index (Phi) is 7.37. The molecule has 1 N–H and O–H groups in total. The molecule has 0 bridgehead atoms. The number of benzene rings is 2. The molecule has 1 heterocycles. The SMILES string of the molecule is CCCOc1ccc(C(F)(F)F)cc1NC(=O)C1CCN(C(=O)c2ccc(F)cc2)CC1. The van der Waals surface area contributed by atoms with E-state index in [1.165, 1.54) is 30.3 Å². The second kappa shape index (κ2) is 10.0. The number of nitrogens with zero attached hydrogens (tertiary/aromatic N) is 1. The monoisotopic (exact) mass is 452 g/mol. The van der Waals surface area contributed by atoms with Gasteiger partial charge in [0.25, 0.3) is 5.91 Å². The number of halogens is 4. The van der Waals surface area contributed by atoms with Gasteiger partial charge in [0.2, 0.25) is 5.91 Å². The smallest absolute Gasteiger partial charge is 0.416 e. The van der Waals surface area contributed by atoms with Gasteiger partial charge in [0.05, 0.1) is 17.9 Å². The summed E-state index contributed by atoms with van der Waals surface area (Å²) in [6.07, 6.45) is -3.16. The van der Waals surface area contributed by atoms with Crippen LogP contribution >= 0.6 is 0 Å². The first-order valence-corrected chi connectivity index (χ1v) is 10.4. The highest BCUT2D eigenvalue weighted by Gasteiger charge is 2.32. The summed E-state index contributed by atoms with van der Waals surface area (Å²) < 4.78 is 57.9. The van der Waals surface area contributed by atoms with Crippen molar-refractivity contribution in [3.63, 3.8) is 0 Å². The van der Waals surface area contributed by atoms with E-state index < -0.39 is 29.4 Å². The van der Waals surface area contributed by atoms with E-state index >= 15 is 0 Å². The first-order chi connectivity index (χ1) is 15.2. The topological polar surface area (TPSA) is 58.6 Å². The number of carbonyl (C=O) groups is 2. The fraction of sp³-hybridized carbons (Fsp3) is 0.391. The molecule has 5 nitrogen and oxygen atoms in total. The predicted molar refractivity (Wildman–Crippen MR) is 111 cm³/mol. The third-order valence-electron chi connectivity index (χ3n) is 5.27. The molecule has 0 saturated carbocycles. The number of anilines is 1. The molecule has 1 fully saturated rings. The molecule has 0 spiro atoms. The van der Waals surface area contributed by atoms with Crippen molar-refractivity contribution < 1.29 is 31.9 Å². The third-order valence-corrected chi connectivity index (χ3v) is 5.27. The maximum atomic E-state index is 13.1. The van der Waals surface area contributed by atoms with Crippen molar-refractivity contribution in [3.05, 3.63) is 59.4 Å². The number of carbonyl (C=O) groups excluding carboxylic acids is 2. The molecule has 2 aromatic carbocycles. The van der Waals surface area contributed by atoms with Gasteiger partial charge >= 0.3 is 6.18 Å². The normalized spacial score (nSPS) is 14.8. The fourth-order valence-electron chi connectivity index (χ4n) is 3.50. The molecule has 0 aliphatic carbocycles. The second-order valence-electron chi connectivity index (χ2n) is 7.62. The zero-order valence-corrected chi connectivity index (χ0v) is 17.5. The summed E-state index contributed by atoms with van der Waals surface area (Å²) in [4.78, 5) is 26.9. The number of likely N-dealkylation sites (tertiary alicyclic amines) is 1. The van der Waals surface area contributed by atoms with Crippen LogP contribution in [0.4, 0.5) is 23.2 Å². The summed E-state index contributed by atoms with van der Waals surface area (Å²) in [6.45, 7) is 2.80. The van der Waals surface area contributed by atoms with Crippen LogP contribution in [-0.2, 0) is 11.0 Å². The number of rotatable bonds is 6. The Hall–Kier alpha value is -3.10. The average Bonchev–Trinajstić information content (AvgIpc) is 2.77. The van der Waals surface area contributed by atoms with E-state index in [0.29, 0.717) is 44.5 Å². The maximum Gasteiger partial charge on any atom is 0.416 e. The van der Waals surface area contributed by atoms with Crippen molar-refractivity contribution in [2.75, 3.05) is 25.0 Å². The highest BCUT2D eigenvalue weighted by molar-refractivity contribution is 5.96. The van der Waals surface area contributed by atoms with Crippen LogP contribution in [0.5, 0.6) is 5.75 Å². The molecule has 1 saturated heterocycles. The quantitative estimate of drug-likeness (QED) is 0.619. The summed E-state index contributed by atoms with van der Waals surface area (Å²) in [5.41, 5.74) is -0.546. The van der Waals surface area contributed by atoms with E-state index in [2.05, 4.69) is 5.32 Å². The lowest BCUT2D eigenvalue weighted by Gasteiger charge is -2.31. The van der Waals surface area contributed by atoms with Crippen LogP contribution < -0.4 is 10.1 Å². The number of alkyl halides is 3. The fourth-order valence-corrected chi connectivity index (χ4v) is 3.50. The van der Waals surface area contributed by atoms with E-state index in [1.807, 2.05) is 6.92 Å². The van der Waals surface area contributed by atoms with Gasteiger partial charge in [0.1, 0.15) is 11.6 Å². The van der Waals surface area contributed by atoms with Crippen molar-refractivity contribution in [2.24, 2.45) is 5.92 Å². The molecule has 9 heteroatoms. The number of hydrogen-bond donors (Lipinski definition) is 1. The molecule has 0 radical (unpaired) electrons. The van der Waals surface area contributed by atoms with Gasteiger partial charge in [0.15, 0.2) is 0 Å². The lowest BCUT2D eigenvalue weighted by Crippen LogP contribution is -2.41. The van der Waals surface area contributed by atoms with Gasteiger partial charge in [-0.05, 0) is 61.7 Å². The zero-order valence-electron chi connectivity index (χ0n) is 17.5. The molecule has 0 aromatic heterocycles. The molecule has 2 amide bonds. The molecule has 0 unspecified atom stereocenters. The second-order valence-corrected chi connectivity index (χ2v) is 7.62. The molecule has 172 valence electrons. The number of hydrogen-bond acceptors (Lipinski definition) is 3. The van der Waals surface area contributed by atoms with Crippen LogP contribution in [0, 0.1) is 11.7 Å². The van der Waals surface area contributed by atoms with Gasteiger partial charge in [-0.1, -0.05) is 6.92 Å². The number of piperidine rings is 1. The Bertz CT molecular complexity index is 953. The van der Waals surface area contributed by atoms with Gasteiger partial charge in [0, 0.05) is 24.6 Å². The van der Waals surface area contributed by atoms with Crippen LogP contribution in [0.1, 0.15) is 42.1 Å². The average molecular weight is 452 g/mol. The summed E-state index contributed by atoms with van der Waals surface area (Å²) in [5, 5.41) is 2.57. The predicted octanol–water partition coefficient (Wildman–Crippen LogP) is 5.12. The third kappa shape index (κ3) is 5.77. The van der Waals surface area contributed by atoms with Gasteiger partial charge in [-0.3, -0.25) is 9.59 Å². The Balaban J connectivity index is 1.65. The number of amides is 2. The number of ether oxygens (including phenoxy) is 1. The molecule has 1 aliphatic rings. The Labute approximate surface area is 183 Å². The van der Waals surface area contributed by atoms with E-state index in [9.17, 15) is 27.2 Å². The first-order valence-electron chi connectivity index (χ1n) is 10.4. The molecule has 1 aliphatic heterocycles. The standard InChI is InChI=1S/C23H24F4N2O3/c1-2-13-32-20-8-5-17(23(25,26)27)14-19(20)28-21(30)15-9-11-29(12-10-15)22(31)16-3-6-18(24)7-4-16/h3-8,14-15H,2,9-13H2,1H3,(H,28,30). The Morgan fingerprint density at radius 3 is 2.34 bits per heavy atom. The molecule has 2 aromatic rings. The molecular formula is C23H24F4N2O3. The van der Waals surface area contributed by atoms with Crippen LogP contribution in [0.15, 0.2) is 42.5 Å². The lowest BCUT2D eigenvalue weighted by atomic mass is 9.95. The first kappa shape index (κ1) is 23.6. The van der Waals surface area contributed by atoms with Crippen LogP contribution in [0.3, 0.4) is 0 Å². The van der Waals surface area contributed by atoms with Gasteiger partial charge in [-0.15, -0.1) is 0 Å². The van der Waals surface area contributed by atoms with Gasteiger partial charge < -0.3 is 15.0 Å². The minimum Gasteiger partial charge on any atom is -0.491 e. The molecule has 3 rings (SSSR count). The molecule has 0 atom stereocenters. The van der Waals surface area contributed by atoms with E-state index in [0.717, 1.165) is 12.1 Å². The largest absolute Gasteiger partial charge is 0.491 e.